The molecule has 30 heavy (non-hydrogen) atoms. The minimum Gasteiger partial charge on any atom is -0.491 e. The molecule has 0 aliphatic rings. The fourth-order valence-electron chi connectivity index (χ4n) is 2.73. The second kappa shape index (κ2) is 8.42. The Bertz CT molecular complexity index is 1250. The summed E-state index contributed by atoms with van der Waals surface area (Å²) < 4.78 is 16.8. The third-order valence-corrected chi connectivity index (χ3v) is 4.14. The van der Waals surface area contributed by atoms with Crippen LogP contribution in [0.2, 0.25) is 0 Å². The van der Waals surface area contributed by atoms with Gasteiger partial charge in [-0.3, -0.25) is 4.79 Å². The number of fused-ring (bicyclic) bond motifs is 1. The van der Waals surface area contributed by atoms with E-state index in [1.54, 1.807) is 42.5 Å². The quantitative estimate of drug-likeness (QED) is 0.468. The van der Waals surface area contributed by atoms with Crippen molar-refractivity contribution < 1.29 is 19.0 Å². The second-order valence-corrected chi connectivity index (χ2v) is 6.25. The summed E-state index contributed by atoms with van der Waals surface area (Å²) in [5.41, 5.74) is 0.474. The van der Waals surface area contributed by atoms with Crippen LogP contribution in [0.1, 0.15) is 5.56 Å². The first kappa shape index (κ1) is 19.1. The molecule has 0 aliphatic heterocycles. The summed E-state index contributed by atoms with van der Waals surface area (Å²) in [6, 6.07) is 14.7. The molecule has 4 rings (SSSR count). The highest BCUT2D eigenvalue weighted by molar-refractivity contribution is 5.84. The predicted molar refractivity (Wildman–Crippen MR) is 104 cm³/mol. The van der Waals surface area contributed by atoms with Crippen molar-refractivity contribution in [1.82, 2.24) is 20.6 Å². The minimum absolute atomic E-state index is 0.0206. The molecule has 2 aromatic heterocycles. The maximum atomic E-state index is 12.6. The monoisotopic (exact) mass is 405 g/mol. The van der Waals surface area contributed by atoms with Gasteiger partial charge in [-0.2, -0.15) is 10.5 Å². The number of hydrogen-bond acceptors (Lipinski definition) is 9. The molecule has 150 valence electrons. The molecule has 2 heterocycles. The summed E-state index contributed by atoms with van der Waals surface area (Å²) in [6.07, 6.45) is -0.943. The van der Waals surface area contributed by atoms with E-state index in [1.807, 2.05) is 6.07 Å². The summed E-state index contributed by atoms with van der Waals surface area (Å²) in [4.78, 5) is 12.6. The van der Waals surface area contributed by atoms with Gasteiger partial charge in [0.1, 0.15) is 41.8 Å². The van der Waals surface area contributed by atoms with Crippen LogP contribution in [0, 0.1) is 11.3 Å². The van der Waals surface area contributed by atoms with Gasteiger partial charge in [0.15, 0.2) is 11.2 Å². The summed E-state index contributed by atoms with van der Waals surface area (Å²) in [7, 11) is 0. The van der Waals surface area contributed by atoms with E-state index in [0.29, 0.717) is 16.9 Å². The van der Waals surface area contributed by atoms with Gasteiger partial charge in [0.2, 0.25) is 5.82 Å². The average molecular weight is 405 g/mol. The smallest absolute Gasteiger partial charge is 0.239 e. The molecule has 10 nitrogen and oxygen atoms in total. The van der Waals surface area contributed by atoms with Gasteiger partial charge < -0.3 is 19.0 Å². The number of benzene rings is 2. The summed E-state index contributed by atoms with van der Waals surface area (Å²) in [6.45, 7) is -0.116. The second-order valence-electron chi connectivity index (χ2n) is 6.25. The van der Waals surface area contributed by atoms with Crippen molar-refractivity contribution in [3.63, 3.8) is 0 Å². The van der Waals surface area contributed by atoms with E-state index in [-0.39, 0.29) is 41.4 Å². The van der Waals surface area contributed by atoms with Crippen LogP contribution in [-0.4, -0.2) is 45.0 Å². The Morgan fingerprint density at radius 2 is 1.97 bits per heavy atom. The van der Waals surface area contributed by atoms with E-state index in [9.17, 15) is 9.90 Å². The molecule has 4 aromatic rings. The molecule has 2 aromatic carbocycles. The molecule has 10 heteroatoms. The molecule has 0 fully saturated rings. The largest absolute Gasteiger partial charge is 0.491 e. The Morgan fingerprint density at radius 3 is 2.70 bits per heavy atom. The normalized spacial score (nSPS) is 11.7. The molecule has 0 unspecified atom stereocenters. The number of aromatic nitrogens is 4. The highest BCUT2D eigenvalue weighted by atomic mass is 16.5. The van der Waals surface area contributed by atoms with Gasteiger partial charge >= 0.3 is 0 Å². The van der Waals surface area contributed by atoms with Gasteiger partial charge in [-0.25, -0.2) is 0 Å². The van der Waals surface area contributed by atoms with Crippen molar-refractivity contribution in [3.8, 4) is 29.2 Å². The van der Waals surface area contributed by atoms with Crippen molar-refractivity contribution in [2.75, 3.05) is 13.2 Å². The fraction of sp³-hybridized carbons (Fsp3) is 0.150. The van der Waals surface area contributed by atoms with Crippen LogP contribution < -0.4 is 14.9 Å². The Kier molecular flexibility index (Phi) is 5.36. The summed E-state index contributed by atoms with van der Waals surface area (Å²) in [5, 5.41) is 32.5. The Labute approximate surface area is 169 Å². The van der Waals surface area contributed by atoms with E-state index in [4.69, 9.17) is 19.2 Å². The van der Waals surface area contributed by atoms with Gasteiger partial charge in [-0.15, -0.1) is 10.2 Å². The SMILES string of the molecule is N#Cc1ccc(OC[C@H](O)COc2cccc3oc(-c4nn[nH]n4)cc(=O)c23)cc1. The molecule has 0 bridgehead atoms. The van der Waals surface area contributed by atoms with Crippen molar-refractivity contribution >= 4 is 11.0 Å². The number of nitriles is 1. The number of hydrogen-bond donors (Lipinski definition) is 2. The highest BCUT2D eigenvalue weighted by Crippen LogP contribution is 2.25. The predicted octanol–water partition coefficient (Wildman–Crippen LogP) is 1.66. The number of nitrogens with one attached hydrogen (secondary N) is 1. The van der Waals surface area contributed by atoms with Gasteiger partial charge in [0.05, 0.1) is 11.6 Å². The maximum absolute atomic E-state index is 12.6. The average Bonchev–Trinajstić information content (AvgIpc) is 3.31. The van der Waals surface area contributed by atoms with Crippen LogP contribution in [0.15, 0.2) is 57.7 Å². The lowest BCUT2D eigenvalue weighted by Gasteiger charge is -2.14. The number of rotatable bonds is 7. The number of aliphatic hydroxyl groups is 1. The topological polar surface area (TPSA) is 147 Å². The highest BCUT2D eigenvalue weighted by Gasteiger charge is 2.15. The van der Waals surface area contributed by atoms with Crippen LogP contribution in [0.25, 0.3) is 22.6 Å². The third-order valence-electron chi connectivity index (χ3n) is 4.14. The lowest BCUT2D eigenvalue weighted by Crippen LogP contribution is -2.25. The van der Waals surface area contributed by atoms with Crippen LogP contribution in [0.3, 0.4) is 0 Å². The van der Waals surface area contributed by atoms with Crippen LogP contribution in [0.4, 0.5) is 0 Å². The molecule has 0 spiro atoms. The minimum atomic E-state index is -0.943. The number of H-pyrrole nitrogens is 1. The summed E-state index contributed by atoms with van der Waals surface area (Å²) >= 11 is 0. The molecule has 2 N–H and O–H groups in total. The standard InChI is InChI=1S/C20H15N5O5/c21-9-12-4-6-14(7-5-12)28-10-13(26)11-29-16-2-1-3-17-19(16)15(27)8-18(30-17)20-22-24-25-23-20/h1-8,13,26H,10-11H2,(H,22,23,24,25)/t13-/m0/s1. The molecule has 1 atom stereocenters. The number of tetrazole rings is 1. The molecule has 0 radical (unpaired) electrons. The van der Waals surface area contributed by atoms with Crippen molar-refractivity contribution in [3.05, 3.63) is 64.3 Å². The first-order chi connectivity index (χ1) is 14.6. The Balaban J connectivity index is 1.44. The lowest BCUT2D eigenvalue weighted by molar-refractivity contribution is 0.0631. The van der Waals surface area contributed by atoms with Crippen molar-refractivity contribution in [2.45, 2.75) is 6.10 Å². The van der Waals surface area contributed by atoms with E-state index < -0.39 is 6.10 Å². The van der Waals surface area contributed by atoms with Crippen LogP contribution in [0.5, 0.6) is 11.5 Å². The molecular formula is C20H15N5O5. The zero-order chi connectivity index (χ0) is 20.9. The molecule has 0 saturated heterocycles. The number of nitrogens with zero attached hydrogens (tertiary/aromatic N) is 4. The molecular weight excluding hydrogens is 390 g/mol. The van der Waals surface area contributed by atoms with Crippen LogP contribution >= 0.6 is 0 Å². The zero-order valence-electron chi connectivity index (χ0n) is 15.5. The van der Waals surface area contributed by atoms with Crippen molar-refractivity contribution in [1.29, 1.82) is 5.26 Å². The van der Waals surface area contributed by atoms with Crippen LogP contribution in [-0.2, 0) is 0 Å². The molecule has 0 saturated carbocycles. The third kappa shape index (κ3) is 4.11. The van der Waals surface area contributed by atoms with Gasteiger partial charge in [-0.05, 0) is 41.6 Å². The van der Waals surface area contributed by atoms with Gasteiger partial charge in [0.25, 0.3) is 0 Å². The Hall–Kier alpha value is -4.23. The first-order valence-electron chi connectivity index (χ1n) is 8.88. The molecule has 0 aliphatic carbocycles. The van der Waals surface area contributed by atoms with Crippen molar-refractivity contribution in [2.24, 2.45) is 0 Å². The van der Waals surface area contributed by atoms with E-state index >= 15 is 0 Å². The summed E-state index contributed by atoms with van der Waals surface area (Å²) in [5.74, 6) is 1.14. The van der Waals surface area contributed by atoms with Gasteiger partial charge in [0, 0.05) is 6.07 Å². The lowest BCUT2D eigenvalue weighted by atomic mass is 10.2. The van der Waals surface area contributed by atoms with E-state index in [2.05, 4.69) is 20.6 Å². The number of ether oxygens (including phenoxy) is 2. The molecule has 0 amide bonds. The number of aliphatic hydroxyl groups excluding tert-OH is 1. The zero-order valence-corrected chi connectivity index (χ0v) is 15.5. The van der Waals surface area contributed by atoms with E-state index in [0.717, 1.165) is 0 Å². The maximum Gasteiger partial charge on any atom is 0.239 e. The van der Waals surface area contributed by atoms with E-state index in [1.165, 1.54) is 6.07 Å². The Morgan fingerprint density at radius 1 is 1.17 bits per heavy atom. The first-order valence-corrected chi connectivity index (χ1v) is 8.88. The fourth-order valence-corrected chi connectivity index (χ4v) is 2.73. The number of aromatic amines is 1. The van der Waals surface area contributed by atoms with Gasteiger partial charge in [-0.1, -0.05) is 6.07 Å².